The highest BCUT2D eigenvalue weighted by molar-refractivity contribution is 7.12. The Labute approximate surface area is 117 Å². The lowest BCUT2D eigenvalue weighted by Crippen LogP contribution is -2.20. The number of aryl methyl sites for hydroxylation is 3. The summed E-state index contributed by atoms with van der Waals surface area (Å²) in [6, 6.07) is 2.59. The number of thiophene rings is 1. The normalized spacial score (nSPS) is 15.7. The molecule has 0 amide bonds. The van der Waals surface area contributed by atoms with Crippen LogP contribution in [0, 0.1) is 0 Å². The van der Waals surface area contributed by atoms with E-state index in [0.29, 0.717) is 0 Å². The number of fused-ring (bicyclic) bond motifs is 1. The molecule has 0 saturated carbocycles. The summed E-state index contributed by atoms with van der Waals surface area (Å²) >= 11 is 1.95. The van der Waals surface area contributed by atoms with Crippen LogP contribution in [0.1, 0.15) is 46.8 Å². The summed E-state index contributed by atoms with van der Waals surface area (Å²) in [5, 5.41) is 11.7. The second-order valence-corrected chi connectivity index (χ2v) is 6.22. The minimum absolute atomic E-state index is 0.220. The Bertz CT molecular complexity index is 536. The lowest BCUT2D eigenvalue weighted by atomic mass is 10.1. The van der Waals surface area contributed by atoms with Crippen LogP contribution in [0.25, 0.3) is 0 Å². The number of rotatable bonds is 5. The maximum absolute atomic E-state index is 4.19. The van der Waals surface area contributed by atoms with E-state index in [4.69, 9.17) is 0 Å². The van der Waals surface area contributed by atoms with Crippen molar-refractivity contribution in [2.45, 2.75) is 45.2 Å². The minimum atomic E-state index is 0.220. The fraction of sp³-hybridized carbons (Fsp3) is 0.571. The fourth-order valence-electron chi connectivity index (χ4n) is 2.80. The molecule has 1 atom stereocenters. The summed E-state index contributed by atoms with van der Waals surface area (Å²) in [5.41, 5.74) is 2.72. The quantitative estimate of drug-likeness (QED) is 0.912. The van der Waals surface area contributed by atoms with Gasteiger partial charge in [-0.15, -0.1) is 16.4 Å². The number of nitrogens with one attached hydrogen (secondary N) is 1. The number of hydrogen-bond acceptors (Lipinski definition) is 4. The van der Waals surface area contributed by atoms with Crippen molar-refractivity contribution >= 4 is 11.3 Å². The van der Waals surface area contributed by atoms with E-state index in [2.05, 4.69) is 28.6 Å². The van der Waals surface area contributed by atoms with E-state index in [0.717, 1.165) is 13.0 Å². The van der Waals surface area contributed by atoms with E-state index in [1.807, 2.05) is 29.3 Å². The predicted molar refractivity (Wildman–Crippen MR) is 77.6 cm³/mol. The van der Waals surface area contributed by atoms with Gasteiger partial charge in [-0.3, -0.25) is 0 Å². The minimum Gasteiger partial charge on any atom is -0.307 e. The van der Waals surface area contributed by atoms with Crippen LogP contribution < -0.4 is 5.32 Å². The zero-order valence-electron chi connectivity index (χ0n) is 11.5. The lowest BCUT2D eigenvalue weighted by Gasteiger charge is -2.15. The van der Waals surface area contributed by atoms with E-state index in [1.165, 1.54) is 29.8 Å². The smallest absolute Gasteiger partial charge is 0.0856 e. The van der Waals surface area contributed by atoms with E-state index < -0.39 is 0 Å². The zero-order valence-corrected chi connectivity index (χ0v) is 12.3. The van der Waals surface area contributed by atoms with Crippen molar-refractivity contribution in [3.8, 4) is 0 Å². The molecule has 0 aliphatic heterocycles. The molecule has 0 radical (unpaired) electrons. The molecule has 0 bridgehead atoms. The first-order chi connectivity index (χ1) is 9.33. The molecule has 0 saturated heterocycles. The van der Waals surface area contributed by atoms with Crippen LogP contribution in [0.4, 0.5) is 0 Å². The second kappa shape index (κ2) is 5.43. The van der Waals surface area contributed by atoms with E-state index >= 15 is 0 Å². The molecule has 102 valence electrons. The Morgan fingerprint density at radius 3 is 3.11 bits per heavy atom. The molecule has 1 unspecified atom stereocenters. The number of aromatic nitrogens is 3. The lowest BCUT2D eigenvalue weighted by molar-refractivity contribution is 0.526. The maximum Gasteiger partial charge on any atom is 0.0856 e. The van der Waals surface area contributed by atoms with Crippen LogP contribution in [-0.4, -0.2) is 22.0 Å². The summed E-state index contributed by atoms with van der Waals surface area (Å²) in [4.78, 5) is 2.97. The summed E-state index contributed by atoms with van der Waals surface area (Å²) in [6.45, 7) is 3.10. The van der Waals surface area contributed by atoms with E-state index in [1.54, 1.807) is 10.4 Å². The zero-order chi connectivity index (χ0) is 13.2. The van der Waals surface area contributed by atoms with Crippen LogP contribution in [0.5, 0.6) is 0 Å². The Morgan fingerprint density at radius 2 is 2.37 bits per heavy atom. The van der Waals surface area contributed by atoms with Gasteiger partial charge in [0.2, 0.25) is 0 Å². The van der Waals surface area contributed by atoms with Gasteiger partial charge in [0.05, 0.1) is 17.9 Å². The van der Waals surface area contributed by atoms with Crippen LogP contribution >= 0.6 is 11.3 Å². The molecular formula is C14H20N4S. The molecule has 0 spiro atoms. The van der Waals surface area contributed by atoms with Gasteiger partial charge in [0, 0.05) is 16.3 Å². The van der Waals surface area contributed by atoms with Crippen molar-refractivity contribution in [1.29, 1.82) is 0 Å². The average Bonchev–Trinajstić information content (AvgIpc) is 3.07. The molecule has 0 fully saturated rings. The molecule has 0 aromatic carbocycles. The summed E-state index contributed by atoms with van der Waals surface area (Å²) in [7, 11) is 2.01. The van der Waals surface area contributed by atoms with Crippen molar-refractivity contribution < 1.29 is 0 Å². The molecule has 1 aliphatic rings. The van der Waals surface area contributed by atoms with Crippen LogP contribution in [-0.2, 0) is 19.4 Å². The van der Waals surface area contributed by atoms with Crippen molar-refractivity contribution in [1.82, 2.24) is 20.3 Å². The van der Waals surface area contributed by atoms with Gasteiger partial charge >= 0.3 is 0 Å². The van der Waals surface area contributed by atoms with Gasteiger partial charge in [-0.2, -0.15) is 0 Å². The standard InChI is InChI=1S/C14H20N4S/c1-3-7-18-11(9-16-17-18)14(15-2)13-8-10-5-4-6-12(10)19-13/h8-9,14-15H,3-7H2,1-2H3. The monoisotopic (exact) mass is 276 g/mol. The SMILES string of the molecule is CCCn1nncc1C(NC)c1cc2c(s1)CCC2. The third-order valence-corrected chi connectivity index (χ3v) is 5.02. The highest BCUT2D eigenvalue weighted by Crippen LogP contribution is 2.35. The number of nitrogens with zero attached hydrogens (tertiary/aromatic N) is 3. The highest BCUT2D eigenvalue weighted by Gasteiger charge is 2.23. The van der Waals surface area contributed by atoms with Crippen molar-refractivity contribution in [3.05, 3.63) is 33.3 Å². The molecule has 4 nitrogen and oxygen atoms in total. The molecule has 1 aliphatic carbocycles. The van der Waals surface area contributed by atoms with Gasteiger partial charge < -0.3 is 5.32 Å². The summed E-state index contributed by atoms with van der Waals surface area (Å²) in [6.07, 6.45) is 6.79. The van der Waals surface area contributed by atoms with E-state index in [-0.39, 0.29) is 6.04 Å². The Hall–Kier alpha value is -1.20. The van der Waals surface area contributed by atoms with Gasteiger partial charge in [0.25, 0.3) is 0 Å². The second-order valence-electron chi connectivity index (χ2n) is 5.05. The molecular weight excluding hydrogens is 256 g/mol. The van der Waals surface area contributed by atoms with Gasteiger partial charge in [0.1, 0.15) is 0 Å². The number of hydrogen-bond donors (Lipinski definition) is 1. The third kappa shape index (κ3) is 2.32. The Morgan fingerprint density at radius 1 is 1.47 bits per heavy atom. The predicted octanol–water partition coefficient (Wildman–Crippen LogP) is 2.55. The third-order valence-electron chi connectivity index (χ3n) is 3.72. The molecule has 3 rings (SSSR count). The van der Waals surface area contributed by atoms with Gasteiger partial charge in [-0.25, -0.2) is 4.68 Å². The van der Waals surface area contributed by atoms with Gasteiger partial charge in [-0.1, -0.05) is 12.1 Å². The molecule has 5 heteroatoms. The Kier molecular flexibility index (Phi) is 3.66. The first kappa shape index (κ1) is 12.8. The summed E-state index contributed by atoms with van der Waals surface area (Å²) < 4.78 is 2.02. The maximum atomic E-state index is 4.19. The average molecular weight is 276 g/mol. The largest absolute Gasteiger partial charge is 0.307 e. The highest BCUT2D eigenvalue weighted by atomic mass is 32.1. The van der Waals surface area contributed by atoms with Gasteiger partial charge in [-0.05, 0) is 44.4 Å². The van der Waals surface area contributed by atoms with Crippen molar-refractivity contribution in [2.24, 2.45) is 0 Å². The molecule has 2 heterocycles. The molecule has 19 heavy (non-hydrogen) atoms. The first-order valence-electron chi connectivity index (χ1n) is 7.00. The summed E-state index contributed by atoms with van der Waals surface area (Å²) in [5.74, 6) is 0. The van der Waals surface area contributed by atoms with Crippen molar-refractivity contribution in [3.63, 3.8) is 0 Å². The van der Waals surface area contributed by atoms with Gasteiger partial charge in [0.15, 0.2) is 0 Å². The fourth-order valence-corrected chi connectivity index (χ4v) is 4.19. The topological polar surface area (TPSA) is 42.7 Å². The van der Waals surface area contributed by atoms with Crippen LogP contribution in [0.15, 0.2) is 12.3 Å². The van der Waals surface area contributed by atoms with Crippen LogP contribution in [0.2, 0.25) is 0 Å². The van der Waals surface area contributed by atoms with E-state index in [9.17, 15) is 0 Å². The molecule has 2 aromatic heterocycles. The molecule has 2 aromatic rings. The first-order valence-corrected chi connectivity index (χ1v) is 7.82. The van der Waals surface area contributed by atoms with Crippen molar-refractivity contribution in [2.75, 3.05) is 7.05 Å². The Balaban J connectivity index is 1.92. The molecule has 1 N–H and O–H groups in total. The van der Waals surface area contributed by atoms with Crippen LogP contribution in [0.3, 0.4) is 0 Å².